The fourth-order valence-corrected chi connectivity index (χ4v) is 1.64. The molecule has 0 saturated heterocycles. The van der Waals surface area contributed by atoms with Crippen LogP contribution in [0.5, 0.6) is 0 Å². The number of benzene rings is 1. The zero-order valence-electron chi connectivity index (χ0n) is 9.57. The zero-order chi connectivity index (χ0) is 9.26. The Morgan fingerprint density at radius 3 is 2.53 bits per heavy atom. The van der Waals surface area contributed by atoms with E-state index in [9.17, 15) is 0 Å². The molecule has 0 amide bonds. The number of hydrogen-bond acceptors (Lipinski definition) is 1. The summed E-state index contributed by atoms with van der Waals surface area (Å²) in [4.78, 5) is 4.16. The Kier molecular flexibility index (Phi) is 6.23. The van der Waals surface area contributed by atoms with Gasteiger partial charge in [0.05, 0.1) is 0 Å². The summed E-state index contributed by atoms with van der Waals surface area (Å²) in [7, 11) is 0. The van der Waals surface area contributed by atoms with E-state index in [1.165, 1.54) is 16.3 Å². The Morgan fingerprint density at radius 2 is 1.87 bits per heavy atom. The van der Waals surface area contributed by atoms with Crippen LogP contribution in [-0.2, 0) is 32.7 Å². The molecule has 0 atom stereocenters. The van der Waals surface area contributed by atoms with Crippen LogP contribution in [0.3, 0.4) is 0 Å². The van der Waals surface area contributed by atoms with Crippen LogP contribution in [0.25, 0.3) is 10.8 Å². The summed E-state index contributed by atoms with van der Waals surface area (Å²) in [5.74, 6) is 0.563. The Labute approximate surface area is 117 Å². The van der Waals surface area contributed by atoms with Gasteiger partial charge in [-0.25, -0.2) is 0 Å². The van der Waals surface area contributed by atoms with Gasteiger partial charge in [0.25, 0.3) is 0 Å². The molecule has 0 bridgehead atoms. The number of pyridine rings is 1. The number of nitrogens with zero attached hydrogens (tertiary/aromatic N) is 1. The summed E-state index contributed by atoms with van der Waals surface area (Å²) >= 11 is 0. The number of fused-ring (bicyclic) bond motifs is 1. The summed E-state index contributed by atoms with van der Waals surface area (Å²) < 4.78 is 0. The predicted octanol–water partition coefficient (Wildman–Crippen LogP) is 3.81. The van der Waals surface area contributed by atoms with Gasteiger partial charge in [-0.05, 0) is 22.9 Å². The number of rotatable bonds is 1. The molecule has 0 fully saturated rings. The molecular weight excluding hydrogens is 259 g/mol. The van der Waals surface area contributed by atoms with Crippen LogP contribution in [0.4, 0.5) is 0 Å². The first kappa shape index (κ1) is 14.7. The normalized spacial score (nSPS) is 9.53. The molecule has 1 aromatic carbocycles. The van der Waals surface area contributed by atoms with Crippen LogP contribution < -0.4 is 0 Å². The minimum atomic E-state index is 0. The van der Waals surface area contributed by atoms with Crippen LogP contribution in [0.15, 0.2) is 36.7 Å². The summed E-state index contributed by atoms with van der Waals surface area (Å²) in [6.45, 7) is 4.42. The zero-order valence-corrected chi connectivity index (χ0v) is 12.4. The van der Waals surface area contributed by atoms with Gasteiger partial charge in [-0.15, -0.1) is 0 Å². The third kappa shape index (κ3) is 3.09. The fraction of sp³-hybridized carbons (Fsp3) is 0.231. The van der Waals surface area contributed by atoms with E-state index in [4.69, 9.17) is 0 Å². The van der Waals surface area contributed by atoms with Crippen molar-refractivity contribution in [1.82, 2.24) is 4.98 Å². The van der Waals surface area contributed by atoms with Crippen molar-refractivity contribution in [3.05, 3.63) is 49.6 Å². The average Bonchev–Trinajstić information content (AvgIpc) is 2.17. The molecule has 77 valence electrons. The molecule has 0 spiro atoms. The average molecular weight is 275 g/mol. The van der Waals surface area contributed by atoms with Gasteiger partial charge in [-0.2, -0.15) is 0 Å². The Morgan fingerprint density at radius 1 is 1.13 bits per heavy atom. The van der Waals surface area contributed by atoms with E-state index in [0.717, 1.165) is 0 Å². The molecule has 2 aromatic rings. The third-order valence-electron chi connectivity index (χ3n) is 2.34. The SMILES string of the molecule is CC(C)c1cccc2ccncc12.[CH3-].[Y]. The molecule has 1 radical (unpaired) electrons. The van der Waals surface area contributed by atoms with Crippen LogP contribution >= 0.6 is 0 Å². The largest absolute Gasteiger partial charge is 0.358 e. The summed E-state index contributed by atoms with van der Waals surface area (Å²) in [5.41, 5.74) is 1.38. The minimum absolute atomic E-state index is 0. The molecule has 1 nitrogen and oxygen atoms in total. The van der Waals surface area contributed by atoms with Crippen molar-refractivity contribution >= 4 is 10.8 Å². The molecule has 0 aliphatic rings. The van der Waals surface area contributed by atoms with E-state index in [-0.39, 0.29) is 40.1 Å². The molecule has 15 heavy (non-hydrogen) atoms. The summed E-state index contributed by atoms with van der Waals surface area (Å²) in [6, 6.07) is 8.47. The van der Waals surface area contributed by atoms with Gasteiger partial charge in [0.15, 0.2) is 0 Å². The van der Waals surface area contributed by atoms with E-state index in [1.807, 2.05) is 12.4 Å². The molecule has 0 unspecified atom stereocenters. The van der Waals surface area contributed by atoms with Crippen molar-refractivity contribution in [1.29, 1.82) is 0 Å². The maximum atomic E-state index is 4.16. The molecule has 2 heteroatoms. The molecular formula is C13H16NY-. The molecule has 0 aliphatic heterocycles. The van der Waals surface area contributed by atoms with Gasteiger partial charge in [-0.3, -0.25) is 4.98 Å². The fourth-order valence-electron chi connectivity index (χ4n) is 1.64. The van der Waals surface area contributed by atoms with Gasteiger partial charge >= 0.3 is 0 Å². The van der Waals surface area contributed by atoms with Gasteiger partial charge in [-0.1, -0.05) is 32.0 Å². The van der Waals surface area contributed by atoms with Gasteiger partial charge < -0.3 is 7.43 Å². The van der Waals surface area contributed by atoms with Crippen molar-refractivity contribution in [2.75, 3.05) is 0 Å². The van der Waals surface area contributed by atoms with Crippen molar-refractivity contribution in [3.8, 4) is 0 Å². The first-order valence-electron chi connectivity index (χ1n) is 4.61. The topological polar surface area (TPSA) is 12.9 Å². The van der Waals surface area contributed by atoms with Crippen LogP contribution in [0, 0.1) is 7.43 Å². The second-order valence-electron chi connectivity index (χ2n) is 3.60. The second-order valence-corrected chi connectivity index (χ2v) is 3.60. The Balaban J connectivity index is 0.000000980. The van der Waals surface area contributed by atoms with Crippen molar-refractivity contribution in [3.63, 3.8) is 0 Å². The maximum absolute atomic E-state index is 4.16. The van der Waals surface area contributed by atoms with Crippen molar-refractivity contribution in [2.45, 2.75) is 19.8 Å². The van der Waals surface area contributed by atoms with Gasteiger partial charge in [0, 0.05) is 50.5 Å². The standard InChI is InChI=1S/C12H13N.CH3.Y/c1-9(2)11-5-3-4-10-6-7-13-8-12(10)11;;/h3-9H,1-2H3;1H3;/q;-1;. The van der Waals surface area contributed by atoms with E-state index in [2.05, 4.69) is 43.1 Å². The summed E-state index contributed by atoms with van der Waals surface area (Å²) in [6.07, 6.45) is 3.79. The van der Waals surface area contributed by atoms with Gasteiger partial charge in [0.1, 0.15) is 0 Å². The quantitative estimate of drug-likeness (QED) is 0.721. The second kappa shape index (κ2) is 6.35. The summed E-state index contributed by atoms with van der Waals surface area (Å²) in [5, 5.41) is 2.56. The predicted molar refractivity (Wildman–Crippen MR) is 62.2 cm³/mol. The van der Waals surface area contributed by atoms with E-state index < -0.39 is 0 Å². The van der Waals surface area contributed by atoms with E-state index in [1.54, 1.807) is 0 Å². The van der Waals surface area contributed by atoms with Crippen LogP contribution in [-0.4, -0.2) is 4.98 Å². The Hall–Kier alpha value is -0.266. The van der Waals surface area contributed by atoms with Crippen LogP contribution in [0.1, 0.15) is 25.3 Å². The number of aromatic nitrogens is 1. The van der Waals surface area contributed by atoms with E-state index in [0.29, 0.717) is 5.92 Å². The molecule has 2 rings (SSSR count). The minimum Gasteiger partial charge on any atom is -0.358 e. The Bertz CT molecular complexity index is 418. The first-order valence-corrected chi connectivity index (χ1v) is 4.61. The third-order valence-corrected chi connectivity index (χ3v) is 2.34. The molecule has 1 heterocycles. The molecule has 0 aliphatic carbocycles. The van der Waals surface area contributed by atoms with Gasteiger partial charge in [0.2, 0.25) is 0 Å². The number of hydrogen-bond donors (Lipinski definition) is 0. The van der Waals surface area contributed by atoms with Crippen molar-refractivity contribution < 1.29 is 32.7 Å². The monoisotopic (exact) mass is 275 g/mol. The molecule has 0 saturated carbocycles. The molecule has 0 N–H and O–H groups in total. The molecule has 1 aromatic heterocycles. The van der Waals surface area contributed by atoms with Crippen LogP contribution in [0.2, 0.25) is 0 Å². The maximum Gasteiger partial charge on any atom is 0.0349 e. The van der Waals surface area contributed by atoms with Crippen molar-refractivity contribution in [2.24, 2.45) is 0 Å². The first-order chi connectivity index (χ1) is 6.29. The smallest absolute Gasteiger partial charge is 0.0349 e. The van der Waals surface area contributed by atoms with E-state index >= 15 is 0 Å².